The van der Waals surface area contributed by atoms with Crippen molar-refractivity contribution in [3.63, 3.8) is 0 Å². The number of methoxy groups -OCH3 is 1. The van der Waals surface area contributed by atoms with Crippen LogP contribution in [0.15, 0.2) is 71.2 Å². The molecule has 200 valence electrons. The predicted molar refractivity (Wildman–Crippen MR) is 166 cm³/mol. The van der Waals surface area contributed by atoms with Crippen LogP contribution < -0.4 is 14.8 Å². The molecular formula is C30H33BrINO4Si. The van der Waals surface area contributed by atoms with E-state index >= 15 is 0 Å². The average Bonchev–Trinajstić information content (AvgIpc) is 3.31. The molecule has 2 aliphatic heterocycles. The topological polar surface area (TPSA) is 59.0 Å². The summed E-state index contributed by atoms with van der Waals surface area (Å²) in [6.45, 7) is 7.39. The van der Waals surface area contributed by atoms with E-state index in [4.69, 9.17) is 9.47 Å². The summed E-state index contributed by atoms with van der Waals surface area (Å²) in [4.78, 5) is 16.5. The molecule has 1 amide bonds. The maximum atomic E-state index is 14.6. The Bertz CT molecular complexity index is 1350. The smallest absolute Gasteiger partial charge is 0.264 e. The number of fused-ring (bicyclic) bond motifs is 2. The summed E-state index contributed by atoms with van der Waals surface area (Å²) in [5, 5.41) is 11.3. The normalized spacial score (nSPS) is 24.8. The Labute approximate surface area is 247 Å². The summed E-state index contributed by atoms with van der Waals surface area (Å²) in [7, 11) is -0.507. The Morgan fingerprint density at radius 3 is 2.53 bits per heavy atom. The highest BCUT2D eigenvalue weighted by atomic mass is 127. The third-order valence-electron chi connectivity index (χ3n) is 8.44. The van der Waals surface area contributed by atoms with Crippen LogP contribution >= 0.6 is 38.5 Å². The van der Waals surface area contributed by atoms with Gasteiger partial charge in [-0.15, -0.1) is 0 Å². The molecule has 0 saturated carbocycles. The molecule has 8 heteroatoms. The zero-order valence-corrected chi connectivity index (χ0v) is 26.8. The van der Waals surface area contributed by atoms with Crippen molar-refractivity contribution in [2.45, 2.75) is 50.2 Å². The van der Waals surface area contributed by atoms with Crippen LogP contribution in [-0.2, 0) is 21.7 Å². The lowest BCUT2D eigenvalue weighted by molar-refractivity contribution is -0.146. The minimum absolute atomic E-state index is 0.0121. The van der Waals surface area contributed by atoms with Gasteiger partial charge in [0.15, 0.2) is 5.60 Å². The van der Waals surface area contributed by atoms with E-state index in [1.807, 2.05) is 35.2 Å². The monoisotopic (exact) mass is 705 g/mol. The van der Waals surface area contributed by atoms with Crippen LogP contribution in [0, 0.1) is 9.49 Å². The number of amides is 1. The molecule has 0 unspecified atom stereocenters. The van der Waals surface area contributed by atoms with Crippen molar-refractivity contribution >= 4 is 63.4 Å². The first-order chi connectivity index (χ1) is 18.1. The minimum Gasteiger partial charge on any atom is -0.497 e. The molecule has 1 fully saturated rings. The number of carbonyl (C=O) groups excluding carboxylic acids is 1. The number of anilines is 1. The Balaban J connectivity index is 1.60. The minimum atomic E-state index is -2.18. The summed E-state index contributed by atoms with van der Waals surface area (Å²) >= 11 is 5.96. The van der Waals surface area contributed by atoms with Crippen molar-refractivity contribution in [1.29, 1.82) is 0 Å². The molecule has 1 saturated heterocycles. The average molecular weight is 706 g/mol. The second-order valence-corrected chi connectivity index (χ2v) is 17.7. The second kappa shape index (κ2) is 10.7. The van der Waals surface area contributed by atoms with E-state index < -0.39 is 13.7 Å². The van der Waals surface area contributed by atoms with Gasteiger partial charge in [-0.25, -0.2) is 0 Å². The SMILES string of the molecule is COc1ccc([Si](C)(C)[C@@H]2[C@@H](CCO)O[C@]3(C(=O)N(Cc4cccc(I)c4)c4ccc(Br)cc43)[C@H]2C)cc1. The molecular weight excluding hydrogens is 673 g/mol. The number of hydrogen-bond acceptors (Lipinski definition) is 4. The van der Waals surface area contributed by atoms with Crippen LogP contribution in [0.1, 0.15) is 24.5 Å². The van der Waals surface area contributed by atoms with E-state index in [9.17, 15) is 9.90 Å². The first-order valence-corrected chi connectivity index (χ1v) is 17.9. The van der Waals surface area contributed by atoms with Gasteiger partial charge in [0.05, 0.1) is 33.5 Å². The summed E-state index contributed by atoms with van der Waals surface area (Å²) in [5.74, 6) is 0.736. The lowest BCUT2D eigenvalue weighted by Gasteiger charge is -2.37. The molecule has 2 heterocycles. The van der Waals surface area contributed by atoms with E-state index in [0.29, 0.717) is 13.0 Å². The molecule has 5 nitrogen and oxygen atoms in total. The maximum Gasteiger partial charge on any atom is 0.264 e. The van der Waals surface area contributed by atoms with Crippen LogP contribution in [0.2, 0.25) is 18.6 Å². The molecule has 1 spiro atoms. The number of hydrogen-bond donors (Lipinski definition) is 1. The summed E-state index contributed by atoms with van der Waals surface area (Å²) < 4.78 is 14.4. The highest BCUT2D eigenvalue weighted by Gasteiger charge is 2.66. The van der Waals surface area contributed by atoms with Crippen LogP contribution in [0.3, 0.4) is 0 Å². The lowest BCUT2D eigenvalue weighted by Crippen LogP contribution is -2.51. The summed E-state index contributed by atoms with van der Waals surface area (Å²) in [6, 6.07) is 22.7. The van der Waals surface area contributed by atoms with Gasteiger partial charge in [0.1, 0.15) is 5.75 Å². The fraction of sp³-hybridized carbons (Fsp3) is 0.367. The van der Waals surface area contributed by atoms with Gasteiger partial charge in [0.25, 0.3) is 5.91 Å². The van der Waals surface area contributed by atoms with Gasteiger partial charge < -0.3 is 19.5 Å². The van der Waals surface area contributed by atoms with Gasteiger partial charge in [-0.2, -0.15) is 0 Å². The Hall–Kier alpha value is -1.72. The predicted octanol–water partition coefficient (Wildman–Crippen LogP) is 6.21. The number of halogens is 2. The lowest BCUT2D eigenvalue weighted by atomic mass is 9.82. The Kier molecular flexibility index (Phi) is 7.83. The number of ether oxygens (including phenoxy) is 2. The van der Waals surface area contributed by atoms with Gasteiger partial charge in [0, 0.05) is 26.1 Å². The largest absolute Gasteiger partial charge is 0.497 e. The second-order valence-electron chi connectivity index (χ2n) is 10.9. The third kappa shape index (κ3) is 4.56. The van der Waals surface area contributed by atoms with E-state index in [1.54, 1.807) is 7.11 Å². The molecule has 3 aromatic carbocycles. The maximum absolute atomic E-state index is 14.6. The molecule has 0 aromatic heterocycles. The van der Waals surface area contributed by atoms with Gasteiger partial charge in [-0.1, -0.05) is 65.4 Å². The van der Waals surface area contributed by atoms with Crippen molar-refractivity contribution in [2.24, 2.45) is 5.92 Å². The molecule has 0 bridgehead atoms. The molecule has 38 heavy (non-hydrogen) atoms. The quantitative estimate of drug-likeness (QED) is 0.235. The fourth-order valence-electron chi connectivity index (χ4n) is 6.66. The molecule has 2 aliphatic rings. The van der Waals surface area contributed by atoms with Crippen LogP contribution in [-0.4, -0.2) is 38.9 Å². The van der Waals surface area contributed by atoms with Crippen molar-refractivity contribution in [3.05, 3.63) is 85.9 Å². The van der Waals surface area contributed by atoms with E-state index in [-0.39, 0.29) is 30.1 Å². The number of benzene rings is 3. The highest BCUT2D eigenvalue weighted by Crippen LogP contribution is 2.60. The van der Waals surface area contributed by atoms with E-state index in [0.717, 1.165) is 30.6 Å². The zero-order valence-electron chi connectivity index (χ0n) is 22.1. The zero-order chi connectivity index (χ0) is 27.2. The van der Waals surface area contributed by atoms with Crippen molar-refractivity contribution in [3.8, 4) is 5.75 Å². The van der Waals surface area contributed by atoms with E-state index in [2.05, 4.69) is 94.9 Å². The van der Waals surface area contributed by atoms with Gasteiger partial charge in [-0.3, -0.25) is 4.79 Å². The molecule has 3 aromatic rings. The Morgan fingerprint density at radius 1 is 1.13 bits per heavy atom. The van der Waals surface area contributed by atoms with Crippen molar-refractivity contribution in [1.82, 2.24) is 0 Å². The highest BCUT2D eigenvalue weighted by molar-refractivity contribution is 14.1. The molecule has 0 radical (unpaired) electrons. The Morgan fingerprint density at radius 2 is 1.87 bits per heavy atom. The van der Waals surface area contributed by atoms with Gasteiger partial charge in [-0.05, 0) is 82.6 Å². The summed E-state index contributed by atoms with van der Waals surface area (Å²) in [5.41, 5.74) is 1.92. The third-order valence-corrected chi connectivity index (χ3v) is 14.0. The first kappa shape index (κ1) is 27.8. The first-order valence-electron chi connectivity index (χ1n) is 12.9. The van der Waals surface area contributed by atoms with Crippen molar-refractivity contribution < 1.29 is 19.4 Å². The van der Waals surface area contributed by atoms with Crippen LogP contribution in [0.4, 0.5) is 5.69 Å². The molecule has 1 N–H and O–H groups in total. The molecule has 0 aliphatic carbocycles. The van der Waals surface area contributed by atoms with Crippen LogP contribution in [0.5, 0.6) is 5.75 Å². The molecule has 5 rings (SSSR count). The van der Waals surface area contributed by atoms with E-state index in [1.165, 1.54) is 5.19 Å². The van der Waals surface area contributed by atoms with Gasteiger partial charge >= 0.3 is 0 Å². The number of rotatable bonds is 7. The number of aliphatic hydroxyl groups excluding tert-OH is 1. The van der Waals surface area contributed by atoms with Gasteiger partial charge in [0.2, 0.25) is 0 Å². The number of aliphatic hydroxyl groups is 1. The fourth-order valence-corrected chi connectivity index (χ4v) is 11.7. The number of carbonyl (C=O) groups is 1. The van der Waals surface area contributed by atoms with Crippen molar-refractivity contribution in [2.75, 3.05) is 18.6 Å². The summed E-state index contributed by atoms with van der Waals surface area (Å²) in [6.07, 6.45) is 0.267. The standard InChI is InChI=1S/C30H33BrINO4Si/c1-19-28(38(3,4)24-11-9-23(36-2)10-12-24)27(14-15-34)37-30(19)25-17-21(31)8-13-26(25)33(29(30)35)18-20-6-5-7-22(32)16-20/h5-13,16-17,19,27-28,34H,14-15,18H2,1-4H3/t19-,27+,28-,30+/m0/s1. The molecule has 4 atom stereocenters. The number of nitrogens with zero attached hydrogens (tertiary/aromatic N) is 1. The van der Waals surface area contributed by atoms with Crippen LogP contribution in [0.25, 0.3) is 0 Å².